The standard InChI is InChI=1S/C22H18ClN3O2/c1-13(15-6-8-17(23)9-7-15)14-2-4-16(5-3-14)21-25-19-11-10-18(28-22(24)27)12-20(19)26-21/h2-13H,1H3,(H2,24,27)(H,25,26). The number of H-pyrrole nitrogens is 1. The van der Waals surface area contributed by atoms with Crippen molar-refractivity contribution in [1.82, 2.24) is 9.97 Å². The summed E-state index contributed by atoms with van der Waals surface area (Å²) in [6.45, 7) is 2.17. The van der Waals surface area contributed by atoms with Crippen molar-refractivity contribution in [2.75, 3.05) is 0 Å². The quantitative estimate of drug-likeness (QED) is 0.482. The van der Waals surface area contributed by atoms with E-state index in [9.17, 15) is 4.79 Å². The fraction of sp³-hybridized carbons (Fsp3) is 0.0909. The number of halogens is 1. The molecule has 3 aromatic carbocycles. The first-order chi connectivity index (χ1) is 13.5. The van der Waals surface area contributed by atoms with E-state index in [0.717, 1.165) is 21.9 Å². The van der Waals surface area contributed by atoms with Crippen LogP contribution in [0.2, 0.25) is 5.02 Å². The summed E-state index contributed by atoms with van der Waals surface area (Å²) in [6, 6.07) is 21.4. The second-order valence-electron chi connectivity index (χ2n) is 6.58. The molecule has 0 bridgehead atoms. The van der Waals surface area contributed by atoms with Crippen LogP contribution in [0.1, 0.15) is 24.0 Å². The molecule has 6 heteroatoms. The van der Waals surface area contributed by atoms with Gasteiger partial charge in [-0.3, -0.25) is 0 Å². The Hall–Kier alpha value is -3.31. The number of nitrogens with one attached hydrogen (secondary N) is 1. The Labute approximate surface area is 167 Å². The smallest absolute Gasteiger partial charge is 0.409 e. The first-order valence-electron chi connectivity index (χ1n) is 8.82. The number of amides is 1. The van der Waals surface area contributed by atoms with Crippen LogP contribution in [0.15, 0.2) is 66.7 Å². The summed E-state index contributed by atoms with van der Waals surface area (Å²) >= 11 is 5.98. The van der Waals surface area contributed by atoms with Gasteiger partial charge in [0.2, 0.25) is 0 Å². The van der Waals surface area contributed by atoms with Crippen molar-refractivity contribution in [3.63, 3.8) is 0 Å². The number of hydrogen-bond acceptors (Lipinski definition) is 3. The monoisotopic (exact) mass is 391 g/mol. The second kappa shape index (κ2) is 7.37. The Bertz CT molecular complexity index is 1130. The fourth-order valence-corrected chi connectivity index (χ4v) is 3.30. The van der Waals surface area contributed by atoms with Crippen LogP contribution in [-0.4, -0.2) is 16.1 Å². The van der Waals surface area contributed by atoms with Gasteiger partial charge in [-0.1, -0.05) is 54.9 Å². The first kappa shape index (κ1) is 18.1. The van der Waals surface area contributed by atoms with Crippen LogP contribution in [0, 0.1) is 0 Å². The number of rotatable bonds is 4. The number of ether oxygens (including phenoxy) is 1. The van der Waals surface area contributed by atoms with Crippen LogP contribution >= 0.6 is 11.6 Å². The van der Waals surface area contributed by atoms with E-state index in [2.05, 4.69) is 29.0 Å². The molecule has 0 aliphatic rings. The van der Waals surface area contributed by atoms with Crippen molar-refractivity contribution in [1.29, 1.82) is 0 Å². The zero-order valence-electron chi connectivity index (χ0n) is 15.1. The number of aromatic nitrogens is 2. The lowest BCUT2D eigenvalue weighted by molar-refractivity contribution is 0.211. The summed E-state index contributed by atoms with van der Waals surface area (Å²) in [5.74, 6) is 1.37. The number of hydrogen-bond donors (Lipinski definition) is 2. The van der Waals surface area contributed by atoms with Gasteiger partial charge in [0.1, 0.15) is 11.6 Å². The van der Waals surface area contributed by atoms with Gasteiger partial charge in [-0.05, 0) is 35.4 Å². The van der Waals surface area contributed by atoms with Crippen molar-refractivity contribution in [3.8, 4) is 17.1 Å². The number of carbonyl (C=O) groups excluding carboxylic acids is 1. The zero-order valence-corrected chi connectivity index (χ0v) is 15.9. The minimum absolute atomic E-state index is 0.260. The molecule has 1 aromatic heterocycles. The van der Waals surface area contributed by atoms with Crippen LogP contribution in [0.4, 0.5) is 4.79 Å². The molecule has 5 nitrogen and oxygen atoms in total. The third kappa shape index (κ3) is 3.70. The lowest BCUT2D eigenvalue weighted by atomic mass is 9.92. The summed E-state index contributed by atoms with van der Waals surface area (Å²) in [4.78, 5) is 18.8. The first-order valence-corrected chi connectivity index (χ1v) is 9.20. The Balaban J connectivity index is 1.59. The number of primary amides is 1. The highest BCUT2D eigenvalue weighted by Gasteiger charge is 2.11. The van der Waals surface area contributed by atoms with Gasteiger partial charge in [0, 0.05) is 22.6 Å². The van der Waals surface area contributed by atoms with Crippen molar-refractivity contribution in [3.05, 3.63) is 82.9 Å². The average molecular weight is 392 g/mol. The number of nitrogens with two attached hydrogens (primary N) is 1. The summed E-state index contributed by atoms with van der Waals surface area (Å²) in [6.07, 6.45) is -0.847. The van der Waals surface area contributed by atoms with Gasteiger partial charge in [-0.15, -0.1) is 0 Å². The third-order valence-electron chi connectivity index (χ3n) is 4.73. The normalized spacial score (nSPS) is 12.1. The number of fused-ring (bicyclic) bond motifs is 1. The Morgan fingerprint density at radius 3 is 2.32 bits per heavy atom. The van der Waals surface area contributed by atoms with Crippen molar-refractivity contribution in [2.24, 2.45) is 5.73 Å². The average Bonchev–Trinajstić information content (AvgIpc) is 3.11. The predicted molar refractivity (Wildman–Crippen MR) is 111 cm³/mol. The van der Waals surface area contributed by atoms with Gasteiger partial charge in [0.15, 0.2) is 0 Å². The highest BCUT2D eigenvalue weighted by Crippen LogP contribution is 2.28. The summed E-state index contributed by atoms with van der Waals surface area (Å²) in [7, 11) is 0. The Kier molecular flexibility index (Phi) is 4.75. The molecule has 4 aromatic rings. The van der Waals surface area contributed by atoms with E-state index in [0.29, 0.717) is 11.3 Å². The van der Waals surface area contributed by atoms with Crippen LogP contribution < -0.4 is 10.5 Å². The van der Waals surface area contributed by atoms with Crippen LogP contribution in [0.3, 0.4) is 0 Å². The minimum Gasteiger partial charge on any atom is -0.410 e. The van der Waals surface area contributed by atoms with Crippen molar-refractivity contribution >= 4 is 28.7 Å². The number of aromatic amines is 1. The van der Waals surface area contributed by atoms with Crippen LogP contribution in [0.5, 0.6) is 5.75 Å². The lowest BCUT2D eigenvalue weighted by Gasteiger charge is -2.13. The van der Waals surface area contributed by atoms with Crippen LogP contribution in [-0.2, 0) is 0 Å². The minimum atomic E-state index is -0.847. The Morgan fingerprint density at radius 1 is 1.04 bits per heavy atom. The van der Waals surface area contributed by atoms with E-state index < -0.39 is 6.09 Å². The fourth-order valence-electron chi connectivity index (χ4n) is 3.18. The van der Waals surface area contributed by atoms with Crippen molar-refractivity contribution < 1.29 is 9.53 Å². The summed E-state index contributed by atoms with van der Waals surface area (Å²) in [5.41, 5.74) is 10.0. The lowest BCUT2D eigenvalue weighted by Crippen LogP contribution is -2.16. The zero-order chi connectivity index (χ0) is 19.7. The predicted octanol–water partition coefficient (Wildman–Crippen LogP) is 5.49. The molecule has 28 heavy (non-hydrogen) atoms. The van der Waals surface area contributed by atoms with E-state index >= 15 is 0 Å². The molecule has 0 fully saturated rings. The summed E-state index contributed by atoms with van der Waals surface area (Å²) in [5, 5.41) is 0.737. The highest BCUT2D eigenvalue weighted by atomic mass is 35.5. The molecular formula is C22H18ClN3O2. The molecule has 1 unspecified atom stereocenters. The third-order valence-corrected chi connectivity index (χ3v) is 4.98. The molecule has 1 atom stereocenters. The Morgan fingerprint density at radius 2 is 1.68 bits per heavy atom. The van der Waals surface area contributed by atoms with Crippen LogP contribution in [0.25, 0.3) is 22.4 Å². The molecule has 4 rings (SSSR count). The molecule has 0 aliphatic carbocycles. The molecule has 0 saturated heterocycles. The molecule has 1 heterocycles. The number of carbonyl (C=O) groups is 1. The molecule has 0 saturated carbocycles. The maximum Gasteiger partial charge on any atom is 0.409 e. The summed E-state index contributed by atoms with van der Waals surface area (Å²) < 4.78 is 4.91. The molecule has 0 aliphatic heterocycles. The van der Waals surface area contributed by atoms with Crippen molar-refractivity contribution in [2.45, 2.75) is 12.8 Å². The second-order valence-corrected chi connectivity index (χ2v) is 7.02. The molecule has 1 amide bonds. The van der Waals surface area contributed by atoms with Gasteiger partial charge in [0.25, 0.3) is 0 Å². The molecule has 0 radical (unpaired) electrons. The van der Waals surface area contributed by atoms with Gasteiger partial charge in [-0.2, -0.15) is 0 Å². The van der Waals surface area contributed by atoms with Gasteiger partial charge in [-0.25, -0.2) is 9.78 Å². The highest BCUT2D eigenvalue weighted by molar-refractivity contribution is 6.30. The molecule has 0 spiro atoms. The van der Waals surface area contributed by atoms with E-state index in [4.69, 9.17) is 22.1 Å². The largest absolute Gasteiger partial charge is 0.410 e. The van der Waals surface area contributed by atoms with E-state index in [-0.39, 0.29) is 5.92 Å². The number of benzene rings is 3. The molecule has 3 N–H and O–H groups in total. The topological polar surface area (TPSA) is 81.0 Å². The SMILES string of the molecule is CC(c1ccc(Cl)cc1)c1ccc(-c2nc3cc(OC(N)=O)ccc3[nH]2)cc1. The molecule has 140 valence electrons. The van der Waals surface area contributed by atoms with E-state index in [1.54, 1.807) is 18.2 Å². The van der Waals surface area contributed by atoms with E-state index in [1.807, 2.05) is 36.4 Å². The maximum atomic E-state index is 10.9. The number of imidazole rings is 1. The number of nitrogens with zero attached hydrogens (tertiary/aromatic N) is 1. The van der Waals surface area contributed by atoms with Gasteiger partial charge < -0.3 is 15.5 Å². The van der Waals surface area contributed by atoms with Gasteiger partial charge in [0.05, 0.1) is 11.0 Å². The molecular weight excluding hydrogens is 374 g/mol. The van der Waals surface area contributed by atoms with Gasteiger partial charge >= 0.3 is 6.09 Å². The maximum absolute atomic E-state index is 10.9. The van der Waals surface area contributed by atoms with E-state index in [1.165, 1.54) is 11.1 Å².